The van der Waals surface area contributed by atoms with Crippen LogP contribution in [0.3, 0.4) is 0 Å². The van der Waals surface area contributed by atoms with Crippen molar-refractivity contribution in [2.75, 3.05) is 0 Å². The highest BCUT2D eigenvalue weighted by molar-refractivity contribution is 6.33. The van der Waals surface area contributed by atoms with Crippen LogP contribution >= 0.6 is 11.6 Å². The van der Waals surface area contributed by atoms with Gasteiger partial charge in [0.15, 0.2) is 5.78 Å². The molecule has 0 aliphatic rings. The fraction of sp³-hybridized carbons (Fsp3) is 0.107. The Kier molecular flexibility index (Phi) is 6.85. The van der Waals surface area contributed by atoms with Gasteiger partial charge in [0.2, 0.25) is 5.95 Å². The lowest BCUT2D eigenvalue weighted by Crippen LogP contribution is -2.11. The molecule has 0 fully saturated rings. The third-order valence-corrected chi connectivity index (χ3v) is 6.16. The van der Waals surface area contributed by atoms with E-state index in [-0.39, 0.29) is 34.3 Å². The number of aryl methyl sites for hydroxylation is 1. The van der Waals surface area contributed by atoms with E-state index in [1.807, 2.05) is 55.5 Å². The molecule has 4 rings (SSSR count). The van der Waals surface area contributed by atoms with E-state index in [0.717, 1.165) is 40.1 Å². The second-order valence-electron chi connectivity index (χ2n) is 8.03. The van der Waals surface area contributed by atoms with E-state index in [4.69, 9.17) is 16.7 Å². The summed E-state index contributed by atoms with van der Waals surface area (Å²) in [5.74, 6) is -2.25. The number of rotatable bonds is 7. The van der Waals surface area contributed by atoms with Crippen LogP contribution in [0.1, 0.15) is 49.7 Å². The van der Waals surface area contributed by atoms with Crippen LogP contribution in [0.15, 0.2) is 85.1 Å². The highest BCUT2D eigenvalue weighted by Crippen LogP contribution is 2.34. The first-order chi connectivity index (χ1) is 16.3. The summed E-state index contributed by atoms with van der Waals surface area (Å²) in [7, 11) is 0. The number of hydrogen-bond donors (Lipinski definition) is 1. The lowest BCUT2D eigenvalue weighted by atomic mass is 9.83. The molecule has 0 aliphatic heterocycles. The number of benzene rings is 3. The van der Waals surface area contributed by atoms with Gasteiger partial charge in [-0.2, -0.15) is 4.39 Å². The molecule has 1 atom stereocenters. The zero-order chi connectivity index (χ0) is 24.2. The van der Waals surface area contributed by atoms with Crippen molar-refractivity contribution in [3.8, 4) is 11.1 Å². The molecule has 170 valence electrons. The van der Waals surface area contributed by atoms with E-state index in [0.29, 0.717) is 0 Å². The maximum Gasteiger partial charge on any atom is 0.335 e. The smallest absolute Gasteiger partial charge is 0.335 e. The first-order valence-corrected chi connectivity index (χ1v) is 11.0. The Morgan fingerprint density at radius 3 is 2.21 bits per heavy atom. The van der Waals surface area contributed by atoms with E-state index in [9.17, 15) is 14.0 Å². The summed E-state index contributed by atoms with van der Waals surface area (Å²) in [5, 5.41) is 9.22. The van der Waals surface area contributed by atoms with Crippen LogP contribution in [0.5, 0.6) is 0 Å². The molecule has 0 bridgehead atoms. The minimum Gasteiger partial charge on any atom is -0.478 e. The maximum absolute atomic E-state index is 13.7. The quantitative estimate of drug-likeness (QED) is 0.233. The number of aromatic nitrogens is 1. The van der Waals surface area contributed by atoms with Crippen molar-refractivity contribution in [3.63, 3.8) is 0 Å². The van der Waals surface area contributed by atoms with E-state index < -0.39 is 11.9 Å². The molecule has 3 aromatic carbocycles. The number of carbonyl (C=O) groups excluding carboxylic acids is 1. The van der Waals surface area contributed by atoms with Gasteiger partial charge in [-0.15, -0.1) is 0 Å². The summed E-state index contributed by atoms with van der Waals surface area (Å²) in [5.41, 5.74) is 5.13. The van der Waals surface area contributed by atoms with Crippen LogP contribution in [0.25, 0.3) is 11.1 Å². The van der Waals surface area contributed by atoms with Crippen LogP contribution < -0.4 is 0 Å². The van der Waals surface area contributed by atoms with Crippen LogP contribution in [0.4, 0.5) is 4.39 Å². The number of ketones is 1. The van der Waals surface area contributed by atoms with Gasteiger partial charge in [0.05, 0.1) is 10.6 Å². The fourth-order valence-electron chi connectivity index (χ4n) is 4.02. The van der Waals surface area contributed by atoms with Crippen LogP contribution in [0, 0.1) is 12.9 Å². The number of pyridine rings is 1. The van der Waals surface area contributed by atoms with Crippen LogP contribution in [-0.4, -0.2) is 21.8 Å². The van der Waals surface area contributed by atoms with Crippen LogP contribution in [-0.2, 0) is 0 Å². The van der Waals surface area contributed by atoms with Crippen molar-refractivity contribution >= 4 is 23.4 Å². The molecule has 1 aromatic heterocycles. The van der Waals surface area contributed by atoms with Gasteiger partial charge in [0.1, 0.15) is 0 Å². The standard InChI is InChI=1S/C28H21ClFNO3/c1-17-4-2-3-5-22(17)23(14-26(32)24-15-27(30)31-16-25(24)29)20-10-6-18(7-11-20)19-8-12-21(13-9-19)28(33)34/h2-13,15-16,23H,14H2,1H3,(H,33,34)/t23-/m1/s1. The number of nitrogens with zero attached hydrogens (tertiary/aromatic N) is 1. The molecule has 0 amide bonds. The van der Waals surface area contributed by atoms with Gasteiger partial charge in [-0.25, -0.2) is 9.78 Å². The minimum atomic E-state index is -0.971. The molecule has 0 unspecified atom stereocenters. The lowest BCUT2D eigenvalue weighted by molar-refractivity contribution is 0.0696. The van der Waals surface area contributed by atoms with Gasteiger partial charge in [-0.3, -0.25) is 4.79 Å². The molecule has 4 nitrogen and oxygen atoms in total. The summed E-state index contributed by atoms with van der Waals surface area (Å²) in [6, 6.07) is 23.4. The molecular weight excluding hydrogens is 453 g/mol. The molecule has 1 N–H and O–H groups in total. The van der Waals surface area contributed by atoms with Gasteiger partial charge in [-0.05, 0) is 46.9 Å². The zero-order valence-electron chi connectivity index (χ0n) is 18.3. The molecule has 6 heteroatoms. The predicted molar refractivity (Wildman–Crippen MR) is 130 cm³/mol. The Labute approximate surface area is 201 Å². The van der Waals surface area contributed by atoms with E-state index in [1.54, 1.807) is 24.3 Å². The first-order valence-electron chi connectivity index (χ1n) is 10.7. The first kappa shape index (κ1) is 23.3. The third-order valence-electron chi connectivity index (χ3n) is 5.85. The molecule has 0 saturated carbocycles. The fourth-order valence-corrected chi connectivity index (χ4v) is 4.23. The van der Waals surface area contributed by atoms with Crippen molar-refractivity contribution in [2.45, 2.75) is 19.3 Å². The summed E-state index contributed by atoms with van der Waals surface area (Å²) in [6.07, 6.45) is 1.26. The topological polar surface area (TPSA) is 67.3 Å². The average molecular weight is 474 g/mol. The highest BCUT2D eigenvalue weighted by Gasteiger charge is 2.23. The summed E-state index contributed by atoms with van der Waals surface area (Å²) in [4.78, 5) is 27.7. The molecule has 4 aromatic rings. The van der Waals surface area contributed by atoms with E-state index >= 15 is 0 Å². The molecule has 34 heavy (non-hydrogen) atoms. The molecule has 0 radical (unpaired) electrons. The third kappa shape index (κ3) is 5.05. The molecule has 0 spiro atoms. The number of carboxylic acids is 1. The van der Waals surface area contributed by atoms with Gasteiger partial charge in [0.25, 0.3) is 0 Å². The Balaban J connectivity index is 1.68. The zero-order valence-corrected chi connectivity index (χ0v) is 19.1. The monoisotopic (exact) mass is 473 g/mol. The number of carbonyl (C=O) groups is 2. The van der Waals surface area contributed by atoms with E-state index in [2.05, 4.69) is 4.98 Å². The number of halogens is 2. The van der Waals surface area contributed by atoms with Gasteiger partial charge in [-0.1, -0.05) is 72.3 Å². The largest absolute Gasteiger partial charge is 0.478 e. The highest BCUT2D eigenvalue weighted by atomic mass is 35.5. The number of aromatic carboxylic acids is 1. The van der Waals surface area contributed by atoms with Crippen molar-refractivity contribution in [3.05, 3.63) is 124 Å². The number of carboxylic acid groups (broad SMARTS) is 1. The minimum absolute atomic E-state index is 0.112. The number of Topliss-reactive ketones (excluding diaryl/α,β-unsaturated/α-hetero) is 1. The maximum atomic E-state index is 13.7. The number of hydrogen-bond acceptors (Lipinski definition) is 3. The predicted octanol–water partition coefficient (Wildman–Crippen LogP) is 6.95. The van der Waals surface area contributed by atoms with Crippen molar-refractivity contribution in [1.29, 1.82) is 0 Å². The van der Waals surface area contributed by atoms with Crippen molar-refractivity contribution in [2.24, 2.45) is 0 Å². The van der Waals surface area contributed by atoms with E-state index in [1.165, 1.54) is 0 Å². The molecule has 0 saturated heterocycles. The molecular formula is C28H21ClFNO3. The second-order valence-corrected chi connectivity index (χ2v) is 8.44. The summed E-state index contributed by atoms with van der Waals surface area (Å²) in [6.45, 7) is 1.99. The summed E-state index contributed by atoms with van der Waals surface area (Å²) < 4.78 is 13.7. The molecule has 1 heterocycles. The Bertz CT molecular complexity index is 1350. The lowest BCUT2D eigenvalue weighted by Gasteiger charge is -2.20. The summed E-state index contributed by atoms with van der Waals surface area (Å²) >= 11 is 6.13. The van der Waals surface area contributed by atoms with Gasteiger partial charge >= 0.3 is 5.97 Å². The van der Waals surface area contributed by atoms with Gasteiger partial charge in [0, 0.05) is 30.2 Å². The molecule has 0 aliphatic carbocycles. The van der Waals surface area contributed by atoms with Crippen molar-refractivity contribution < 1.29 is 19.1 Å². The second kappa shape index (κ2) is 9.98. The average Bonchev–Trinajstić information content (AvgIpc) is 2.84. The Morgan fingerprint density at radius 1 is 0.971 bits per heavy atom. The SMILES string of the molecule is Cc1ccccc1[C@H](CC(=O)c1cc(F)ncc1Cl)c1ccc(-c2ccc(C(=O)O)cc2)cc1. The van der Waals surface area contributed by atoms with Crippen molar-refractivity contribution in [1.82, 2.24) is 4.98 Å². The van der Waals surface area contributed by atoms with Crippen LogP contribution in [0.2, 0.25) is 5.02 Å². The Hall–Kier alpha value is -3.83. The van der Waals surface area contributed by atoms with Gasteiger partial charge < -0.3 is 5.11 Å². The Morgan fingerprint density at radius 2 is 1.59 bits per heavy atom. The normalized spacial score (nSPS) is 11.7.